The molecule has 0 unspecified atom stereocenters. The van der Waals surface area contributed by atoms with Crippen molar-refractivity contribution in [1.82, 2.24) is 5.16 Å². The molecule has 4 rings (SSSR count). The van der Waals surface area contributed by atoms with Crippen molar-refractivity contribution in [3.63, 3.8) is 0 Å². The number of rotatable bonds is 5. The number of methoxy groups -OCH3 is 2. The summed E-state index contributed by atoms with van der Waals surface area (Å²) >= 11 is 0. The van der Waals surface area contributed by atoms with Crippen molar-refractivity contribution in [3.05, 3.63) is 82.1 Å². The van der Waals surface area contributed by atoms with Crippen LogP contribution in [0.1, 0.15) is 38.9 Å². The number of hydrogen-bond donors (Lipinski definition) is 1. The number of anilines is 1. The van der Waals surface area contributed by atoms with Gasteiger partial charge < -0.3 is 19.1 Å². The summed E-state index contributed by atoms with van der Waals surface area (Å²) in [6.45, 7) is 3.46. The number of ether oxygens (including phenoxy) is 2. The lowest BCUT2D eigenvalue weighted by molar-refractivity contribution is -0.132. The van der Waals surface area contributed by atoms with Gasteiger partial charge in [-0.2, -0.15) is 0 Å². The van der Waals surface area contributed by atoms with E-state index in [2.05, 4.69) is 5.16 Å². The van der Waals surface area contributed by atoms with Crippen LogP contribution < -0.4 is 9.64 Å². The number of aliphatic hydroxyl groups is 1. The lowest BCUT2D eigenvalue weighted by atomic mass is 9.94. The van der Waals surface area contributed by atoms with Gasteiger partial charge in [-0.3, -0.25) is 14.5 Å². The van der Waals surface area contributed by atoms with E-state index < -0.39 is 23.7 Å². The fraction of sp³-hybridized carbons (Fsp3) is 0.200. The molecule has 1 aliphatic heterocycles. The van der Waals surface area contributed by atoms with Crippen molar-refractivity contribution in [2.24, 2.45) is 0 Å². The lowest BCUT2D eigenvalue weighted by Crippen LogP contribution is -2.29. The average molecular weight is 462 g/mol. The molecule has 1 atom stereocenters. The summed E-state index contributed by atoms with van der Waals surface area (Å²) in [4.78, 5) is 39.3. The van der Waals surface area contributed by atoms with Crippen LogP contribution >= 0.6 is 0 Å². The SMILES string of the molecule is COC(=O)c1ccc([C@H]2C(=C(O)c3ccc(OC)c(C)c3)C(=O)C(=O)N2c2cc(C)on2)cc1. The van der Waals surface area contributed by atoms with Gasteiger partial charge in [0.25, 0.3) is 5.78 Å². The van der Waals surface area contributed by atoms with Crippen LogP contribution in [-0.4, -0.2) is 42.1 Å². The van der Waals surface area contributed by atoms with Gasteiger partial charge in [0.05, 0.1) is 31.4 Å². The number of hydrogen-bond acceptors (Lipinski definition) is 8. The van der Waals surface area contributed by atoms with E-state index in [1.54, 1.807) is 44.2 Å². The molecule has 1 aliphatic rings. The molecule has 34 heavy (non-hydrogen) atoms. The second-order valence-electron chi connectivity index (χ2n) is 7.76. The minimum Gasteiger partial charge on any atom is -0.507 e. The topological polar surface area (TPSA) is 119 Å². The number of amides is 1. The number of ketones is 1. The van der Waals surface area contributed by atoms with Crippen LogP contribution in [0, 0.1) is 13.8 Å². The molecule has 0 spiro atoms. The van der Waals surface area contributed by atoms with Crippen molar-refractivity contribution in [2.45, 2.75) is 19.9 Å². The van der Waals surface area contributed by atoms with Gasteiger partial charge in [0.2, 0.25) is 0 Å². The zero-order chi connectivity index (χ0) is 24.6. The Hall–Kier alpha value is -4.40. The normalized spacial score (nSPS) is 17.2. The quantitative estimate of drug-likeness (QED) is 0.264. The Balaban J connectivity index is 1.90. The molecule has 0 bridgehead atoms. The van der Waals surface area contributed by atoms with Crippen LogP contribution in [0.4, 0.5) is 5.82 Å². The maximum Gasteiger partial charge on any atom is 0.337 e. The Bertz CT molecular complexity index is 1320. The molecule has 174 valence electrons. The van der Waals surface area contributed by atoms with Crippen molar-refractivity contribution in [3.8, 4) is 5.75 Å². The van der Waals surface area contributed by atoms with Crippen molar-refractivity contribution in [1.29, 1.82) is 0 Å². The van der Waals surface area contributed by atoms with Crippen LogP contribution in [0.2, 0.25) is 0 Å². The molecule has 0 saturated carbocycles. The van der Waals surface area contributed by atoms with Crippen LogP contribution in [0.15, 0.2) is 58.6 Å². The molecule has 1 aromatic heterocycles. The van der Waals surface area contributed by atoms with E-state index in [0.717, 1.165) is 5.56 Å². The Morgan fingerprint density at radius 2 is 1.71 bits per heavy atom. The van der Waals surface area contributed by atoms with Gasteiger partial charge in [-0.15, -0.1) is 0 Å². The molecular weight excluding hydrogens is 440 g/mol. The number of Topliss-reactive ketones (excluding diaryl/α,β-unsaturated/α-hetero) is 1. The first-order valence-corrected chi connectivity index (χ1v) is 10.3. The van der Waals surface area contributed by atoms with E-state index in [9.17, 15) is 19.5 Å². The maximum absolute atomic E-state index is 13.2. The third kappa shape index (κ3) is 3.81. The summed E-state index contributed by atoms with van der Waals surface area (Å²) < 4.78 is 15.1. The number of aryl methyl sites for hydroxylation is 2. The Labute approximate surface area is 195 Å². The van der Waals surface area contributed by atoms with Gasteiger partial charge in [-0.25, -0.2) is 4.79 Å². The highest BCUT2D eigenvalue weighted by atomic mass is 16.5. The van der Waals surface area contributed by atoms with Gasteiger partial charge in [-0.1, -0.05) is 17.3 Å². The number of carbonyl (C=O) groups is 3. The van der Waals surface area contributed by atoms with E-state index in [4.69, 9.17) is 14.0 Å². The smallest absolute Gasteiger partial charge is 0.337 e. The molecule has 0 radical (unpaired) electrons. The van der Waals surface area contributed by atoms with Gasteiger partial charge >= 0.3 is 11.9 Å². The Morgan fingerprint density at radius 1 is 1.03 bits per heavy atom. The second kappa shape index (κ2) is 8.86. The van der Waals surface area contributed by atoms with E-state index in [1.807, 2.05) is 0 Å². The minimum atomic E-state index is -1.00. The molecule has 2 aromatic carbocycles. The van der Waals surface area contributed by atoms with E-state index >= 15 is 0 Å². The molecular formula is C25H22N2O7. The molecule has 2 heterocycles. The molecule has 3 aromatic rings. The van der Waals surface area contributed by atoms with Crippen LogP contribution in [0.3, 0.4) is 0 Å². The standard InChI is InChI=1S/C25H22N2O7/c1-13-11-17(9-10-18(13)32-3)22(28)20-21(15-5-7-16(8-6-15)25(31)33-4)27(24(30)23(20)29)19-12-14(2)34-26-19/h5-12,21,28H,1-4H3/t21-/m0/s1. The number of carbonyl (C=O) groups excluding carboxylic acids is 3. The summed E-state index contributed by atoms with van der Waals surface area (Å²) in [5.74, 6) is -1.40. The second-order valence-corrected chi connectivity index (χ2v) is 7.76. The summed E-state index contributed by atoms with van der Waals surface area (Å²) in [6.07, 6.45) is 0. The number of aromatic nitrogens is 1. The first-order valence-electron chi connectivity index (χ1n) is 10.3. The molecule has 9 heteroatoms. The summed E-state index contributed by atoms with van der Waals surface area (Å²) in [5, 5.41) is 15.1. The fourth-order valence-electron chi connectivity index (χ4n) is 3.95. The number of aliphatic hydroxyl groups excluding tert-OH is 1. The third-order valence-corrected chi connectivity index (χ3v) is 5.62. The number of benzene rings is 2. The molecule has 1 N–H and O–H groups in total. The van der Waals surface area contributed by atoms with Gasteiger partial charge in [0.15, 0.2) is 5.82 Å². The van der Waals surface area contributed by atoms with Crippen molar-refractivity contribution < 1.29 is 33.5 Å². The largest absolute Gasteiger partial charge is 0.507 e. The number of esters is 1. The first kappa shape index (κ1) is 22.8. The fourth-order valence-corrected chi connectivity index (χ4v) is 3.95. The van der Waals surface area contributed by atoms with Gasteiger partial charge in [0.1, 0.15) is 17.3 Å². The van der Waals surface area contributed by atoms with Crippen LogP contribution in [0.25, 0.3) is 5.76 Å². The Kier molecular flexibility index (Phi) is 5.93. The van der Waals surface area contributed by atoms with Crippen molar-refractivity contribution >= 4 is 29.2 Å². The lowest BCUT2D eigenvalue weighted by Gasteiger charge is -2.23. The van der Waals surface area contributed by atoms with Crippen molar-refractivity contribution in [2.75, 3.05) is 19.1 Å². The van der Waals surface area contributed by atoms with E-state index in [-0.39, 0.29) is 17.2 Å². The van der Waals surface area contributed by atoms with Crippen LogP contribution in [0.5, 0.6) is 5.75 Å². The highest BCUT2D eigenvalue weighted by Gasteiger charge is 2.48. The number of nitrogens with zero attached hydrogens (tertiary/aromatic N) is 2. The summed E-state index contributed by atoms with van der Waals surface area (Å²) in [7, 11) is 2.81. The monoisotopic (exact) mass is 462 g/mol. The zero-order valence-corrected chi connectivity index (χ0v) is 19.0. The van der Waals surface area contributed by atoms with Crippen LogP contribution in [-0.2, 0) is 14.3 Å². The minimum absolute atomic E-state index is 0.110. The highest BCUT2D eigenvalue weighted by Crippen LogP contribution is 2.42. The maximum atomic E-state index is 13.2. The molecule has 9 nitrogen and oxygen atoms in total. The predicted octanol–water partition coefficient (Wildman–Crippen LogP) is 3.71. The average Bonchev–Trinajstić information content (AvgIpc) is 3.38. The van der Waals surface area contributed by atoms with Gasteiger partial charge in [-0.05, 0) is 55.3 Å². The highest BCUT2D eigenvalue weighted by molar-refractivity contribution is 6.51. The first-order chi connectivity index (χ1) is 16.3. The summed E-state index contributed by atoms with van der Waals surface area (Å²) in [5.41, 5.74) is 1.77. The Morgan fingerprint density at radius 3 is 2.26 bits per heavy atom. The van der Waals surface area contributed by atoms with E-state index in [1.165, 1.54) is 37.3 Å². The molecule has 1 saturated heterocycles. The summed E-state index contributed by atoms with van der Waals surface area (Å²) in [6, 6.07) is 11.7. The molecule has 0 aliphatic carbocycles. The zero-order valence-electron chi connectivity index (χ0n) is 19.0. The third-order valence-electron chi connectivity index (χ3n) is 5.62. The van der Waals surface area contributed by atoms with E-state index in [0.29, 0.717) is 28.2 Å². The molecule has 1 amide bonds. The molecule has 1 fully saturated rings. The van der Waals surface area contributed by atoms with Gasteiger partial charge in [0, 0.05) is 11.6 Å². The predicted molar refractivity (Wildman–Crippen MR) is 122 cm³/mol.